The Labute approximate surface area is 110 Å². The maximum Gasteiger partial charge on any atom is 0.168 e. The summed E-state index contributed by atoms with van der Waals surface area (Å²) in [5, 5.41) is 4.57. The van der Waals surface area contributed by atoms with Gasteiger partial charge in [-0.05, 0) is 42.0 Å². The maximum atomic E-state index is 12.1. The van der Waals surface area contributed by atoms with E-state index in [1.165, 1.54) is 0 Å². The Morgan fingerprint density at radius 3 is 2.65 bits per heavy atom. The van der Waals surface area contributed by atoms with Crippen molar-refractivity contribution in [1.29, 1.82) is 0 Å². The van der Waals surface area contributed by atoms with Gasteiger partial charge in [0.25, 0.3) is 0 Å². The molecule has 0 saturated heterocycles. The van der Waals surface area contributed by atoms with E-state index in [-0.39, 0.29) is 5.78 Å². The second-order valence-electron chi connectivity index (χ2n) is 4.16. The fourth-order valence-electron chi connectivity index (χ4n) is 1.71. The number of thiophene rings is 1. The number of hydrogen-bond donors (Lipinski definition) is 0. The van der Waals surface area contributed by atoms with E-state index in [0.29, 0.717) is 11.4 Å². The highest BCUT2D eigenvalue weighted by atomic mass is 35.5. The first-order valence-electron chi connectivity index (χ1n) is 5.39. The maximum absolute atomic E-state index is 12.1. The molecule has 0 spiro atoms. The third-order valence-corrected chi connectivity index (χ3v) is 3.93. The predicted octanol–water partition coefficient (Wildman–Crippen LogP) is 4.44. The summed E-state index contributed by atoms with van der Waals surface area (Å²) in [7, 11) is 0. The fourth-order valence-corrected chi connectivity index (χ4v) is 2.86. The number of Topliss-reactive ketones (excluding diaryl/α,β-unsaturated/α-hetero) is 1. The molecule has 0 radical (unpaired) electrons. The van der Waals surface area contributed by atoms with E-state index in [2.05, 4.69) is 0 Å². The van der Waals surface area contributed by atoms with Crippen LogP contribution in [-0.4, -0.2) is 5.78 Å². The van der Waals surface area contributed by atoms with E-state index in [9.17, 15) is 4.79 Å². The lowest BCUT2D eigenvalue weighted by molar-refractivity contribution is 0.0993. The molecule has 1 aromatic heterocycles. The fraction of sp³-hybridized carbons (Fsp3) is 0.214. The summed E-state index contributed by atoms with van der Waals surface area (Å²) in [5.74, 6) is 0.134. The zero-order valence-corrected chi connectivity index (χ0v) is 11.4. The Morgan fingerprint density at radius 1 is 1.29 bits per heavy atom. The smallest absolute Gasteiger partial charge is 0.168 e. The summed E-state index contributed by atoms with van der Waals surface area (Å²) in [6.45, 7) is 3.95. The van der Waals surface area contributed by atoms with Crippen LogP contribution in [0.25, 0.3) is 0 Å². The molecule has 1 heterocycles. The van der Waals surface area contributed by atoms with Gasteiger partial charge in [-0.2, -0.15) is 11.3 Å². The van der Waals surface area contributed by atoms with Crippen LogP contribution in [0.3, 0.4) is 0 Å². The molecule has 0 aliphatic carbocycles. The van der Waals surface area contributed by atoms with Gasteiger partial charge >= 0.3 is 0 Å². The van der Waals surface area contributed by atoms with Crippen LogP contribution in [0.2, 0.25) is 5.02 Å². The quantitative estimate of drug-likeness (QED) is 0.749. The summed E-state index contributed by atoms with van der Waals surface area (Å²) < 4.78 is 0. The number of hydrogen-bond acceptors (Lipinski definition) is 2. The second kappa shape index (κ2) is 5.03. The highest BCUT2D eigenvalue weighted by molar-refractivity contribution is 7.08. The Morgan fingerprint density at radius 2 is 2.06 bits per heavy atom. The molecule has 0 saturated carbocycles. The van der Waals surface area contributed by atoms with E-state index >= 15 is 0 Å². The molecule has 2 rings (SSSR count). The summed E-state index contributed by atoms with van der Waals surface area (Å²) in [4.78, 5) is 12.1. The highest BCUT2D eigenvalue weighted by Crippen LogP contribution is 2.21. The van der Waals surface area contributed by atoms with Gasteiger partial charge in [0.1, 0.15) is 0 Å². The lowest BCUT2D eigenvalue weighted by Crippen LogP contribution is -2.04. The summed E-state index contributed by atoms with van der Waals surface area (Å²) >= 11 is 7.68. The molecule has 88 valence electrons. The average Bonchev–Trinajstić information content (AvgIpc) is 2.68. The third-order valence-electron chi connectivity index (χ3n) is 2.72. The first-order chi connectivity index (χ1) is 8.08. The van der Waals surface area contributed by atoms with Crippen molar-refractivity contribution in [2.75, 3.05) is 0 Å². The molecule has 0 N–H and O–H groups in total. The first-order valence-corrected chi connectivity index (χ1v) is 6.71. The number of ketones is 1. The number of carbonyl (C=O) groups excluding carboxylic acids is 1. The van der Waals surface area contributed by atoms with Gasteiger partial charge in [0.05, 0.1) is 0 Å². The van der Waals surface area contributed by atoms with Crippen molar-refractivity contribution in [3.63, 3.8) is 0 Å². The molecule has 0 aliphatic heterocycles. The van der Waals surface area contributed by atoms with Crippen molar-refractivity contribution in [3.8, 4) is 0 Å². The molecule has 17 heavy (non-hydrogen) atoms. The van der Waals surface area contributed by atoms with Gasteiger partial charge in [-0.25, -0.2) is 0 Å². The van der Waals surface area contributed by atoms with Gasteiger partial charge in [-0.1, -0.05) is 23.7 Å². The Balaban J connectivity index is 2.22. The van der Waals surface area contributed by atoms with E-state index in [1.54, 1.807) is 11.3 Å². The van der Waals surface area contributed by atoms with Crippen LogP contribution in [0.5, 0.6) is 0 Å². The van der Waals surface area contributed by atoms with E-state index < -0.39 is 0 Å². The molecule has 1 nitrogen and oxygen atoms in total. The van der Waals surface area contributed by atoms with Crippen LogP contribution in [0.15, 0.2) is 29.0 Å². The Hall–Kier alpha value is -1.12. The normalized spacial score (nSPS) is 10.5. The van der Waals surface area contributed by atoms with Crippen molar-refractivity contribution in [1.82, 2.24) is 0 Å². The van der Waals surface area contributed by atoms with Crippen molar-refractivity contribution in [2.24, 2.45) is 0 Å². The molecule has 1 aromatic carbocycles. The first kappa shape index (κ1) is 12.3. The average molecular weight is 265 g/mol. The lowest BCUT2D eigenvalue weighted by Gasteiger charge is -2.04. The molecule has 2 aromatic rings. The largest absolute Gasteiger partial charge is 0.294 e. The minimum Gasteiger partial charge on any atom is -0.294 e. The van der Waals surface area contributed by atoms with Gasteiger partial charge in [-0.3, -0.25) is 4.79 Å². The van der Waals surface area contributed by atoms with Crippen LogP contribution >= 0.6 is 22.9 Å². The van der Waals surface area contributed by atoms with Crippen molar-refractivity contribution >= 4 is 28.7 Å². The molecular weight excluding hydrogens is 252 g/mol. The van der Waals surface area contributed by atoms with Crippen LogP contribution < -0.4 is 0 Å². The summed E-state index contributed by atoms with van der Waals surface area (Å²) in [6.07, 6.45) is 0.372. The molecule has 0 amide bonds. The van der Waals surface area contributed by atoms with E-state index in [0.717, 1.165) is 22.3 Å². The Kier molecular flexibility index (Phi) is 3.65. The van der Waals surface area contributed by atoms with Crippen molar-refractivity contribution in [2.45, 2.75) is 20.3 Å². The number of carbonyl (C=O) groups is 1. The van der Waals surface area contributed by atoms with Gasteiger partial charge in [0, 0.05) is 22.4 Å². The minimum atomic E-state index is 0.134. The molecular formula is C14H13ClOS. The third kappa shape index (κ3) is 2.76. The monoisotopic (exact) mass is 264 g/mol. The van der Waals surface area contributed by atoms with Crippen LogP contribution in [-0.2, 0) is 6.42 Å². The van der Waals surface area contributed by atoms with E-state index in [4.69, 9.17) is 11.6 Å². The molecule has 3 heteroatoms. The van der Waals surface area contributed by atoms with Crippen LogP contribution in [0.1, 0.15) is 27.0 Å². The van der Waals surface area contributed by atoms with E-state index in [1.807, 2.05) is 42.8 Å². The molecule has 0 aliphatic rings. The van der Waals surface area contributed by atoms with Gasteiger partial charge in [0.15, 0.2) is 5.78 Å². The molecule has 0 unspecified atom stereocenters. The zero-order valence-electron chi connectivity index (χ0n) is 9.79. The van der Waals surface area contributed by atoms with Gasteiger partial charge in [0.2, 0.25) is 0 Å². The lowest BCUT2D eigenvalue weighted by atomic mass is 10.0. The van der Waals surface area contributed by atoms with Gasteiger partial charge in [-0.15, -0.1) is 0 Å². The van der Waals surface area contributed by atoms with Crippen LogP contribution in [0, 0.1) is 13.8 Å². The van der Waals surface area contributed by atoms with Gasteiger partial charge < -0.3 is 0 Å². The summed E-state index contributed by atoms with van der Waals surface area (Å²) in [6, 6.07) is 5.80. The standard InChI is InChI=1S/C14H13ClOS/c1-9-3-4-11(13(15)5-9)6-14(16)12-8-17-7-10(12)2/h3-5,7-8H,6H2,1-2H3. The van der Waals surface area contributed by atoms with Crippen LogP contribution in [0.4, 0.5) is 0 Å². The topological polar surface area (TPSA) is 17.1 Å². The molecule has 0 fully saturated rings. The summed E-state index contributed by atoms with van der Waals surface area (Å²) in [5.41, 5.74) is 3.86. The molecule has 0 atom stereocenters. The number of benzene rings is 1. The predicted molar refractivity (Wildman–Crippen MR) is 73.3 cm³/mol. The minimum absolute atomic E-state index is 0.134. The number of halogens is 1. The van der Waals surface area contributed by atoms with Crippen molar-refractivity contribution < 1.29 is 4.79 Å². The SMILES string of the molecule is Cc1ccc(CC(=O)c2cscc2C)c(Cl)c1. The van der Waals surface area contributed by atoms with Crippen molar-refractivity contribution in [3.05, 3.63) is 56.2 Å². The number of aryl methyl sites for hydroxylation is 2. The highest BCUT2D eigenvalue weighted by Gasteiger charge is 2.12. The molecule has 0 bridgehead atoms. The number of rotatable bonds is 3. The zero-order chi connectivity index (χ0) is 12.4. The second-order valence-corrected chi connectivity index (χ2v) is 5.31. The Bertz CT molecular complexity index is 557.